The quantitative estimate of drug-likeness (QED) is 0.862. The summed E-state index contributed by atoms with van der Waals surface area (Å²) in [6, 6.07) is 6.56. The SMILES string of the molecule is CC(C(=O)O)(c1cccc(O)c1)N1CCCCC1. The maximum absolute atomic E-state index is 11.7. The van der Waals surface area contributed by atoms with Crippen LogP contribution in [-0.4, -0.2) is 34.2 Å². The lowest BCUT2D eigenvalue weighted by Crippen LogP contribution is -2.51. The predicted molar refractivity (Wildman–Crippen MR) is 68.5 cm³/mol. The summed E-state index contributed by atoms with van der Waals surface area (Å²) in [5, 5.41) is 19.2. The van der Waals surface area contributed by atoms with E-state index in [9.17, 15) is 15.0 Å². The molecule has 4 heteroatoms. The van der Waals surface area contributed by atoms with E-state index >= 15 is 0 Å². The molecule has 1 atom stereocenters. The summed E-state index contributed by atoms with van der Waals surface area (Å²) >= 11 is 0. The number of carboxylic acids is 1. The van der Waals surface area contributed by atoms with Crippen LogP contribution in [-0.2, 0) is 10.3 Å². The average molecular weight is 249 g/mol. The van der Waals surface area contributed by atoms with Gasteiger partial charge in [0.05, 0.1) is 0 Å². The second-order valence-corrected chi connectivity index (χ2v) is 4.98. The molecule has 0 saturated carbocycles. The van der Waals surface area contributed by atoms with Crippen LogP contribution in [0, 0.1) is 0 Å². The molecule has 1 heterocycles. The molecule has 4 nitrogen and oxygen atoms in total. The minimum atomic E-state index is -1.06. The number of likely N-dealkylation sites (tertiary alicyclic amines) is 1. The summed E-state index contributed by atoms with van der Waals surface area (Å²) in [5.41, 5.74) is -0.420. The highest BCUT2D eigenvalue weighted by Gasteiger charge is 2.41. The predicted octanol–water partition coefficient (Wildman–Crippen LogP) is 2.18. The molecule has 0 spiro atoms. The number of hydrogen-bond donors (Lipinski definition) is 2. The van der Waals surface area contributed by atoms with Gasteiger partial charge in [0.25, 0.3) is 0 Å². The number of carbonyl (C=O) groups is 1. The van der Waals surface area contributed by atoms with Crippen molar-refractivity contribution in [3.63, 3.8) is 0 Å². The minimum Gasteiger partial charge on any atom is -0.508 e. The molecule has 2 rings (SSSR count). The molecule has 0 aromatic heterocycles. The first-order valence-electron chi connectivity index (χ1n) is 6.33. The first-order chi connectivity index (χ1) is 8.55. The van der Waals surface area contributed by atoms with E-state index in [1.807, 2.05) is 4.90 Å². The Kier molecular flexibility index (Phi) is 3.57. The lowest BCUT2D eigenvalue weighted by Gasteiger charge is -2.40. The van der Waals surface area contributed by atoms with Gasteiger partial charge in [0.2, 0.25) is 0 Å². The molecule has 1 aliphatic rings. The number of nitrogens with zero attached hydrogens (tertiary/aromatic N) is 1. The zero-order valence-corrected chi connectivity index (χ0v) is 10.6. The monoisotopic (exact) mass is 249 g/mol. The van der Waals surface area contributed by atoms with Gasteiger partial charge in [-0.25, -0.2) is 4.79 Å². The van der Waals surface area contributed by atoms with E-state index in [4.69, 9.17) is 0 Å². The second kappa shape index (κ2) is 4.98. The maximum Gasteiger partial charge on any atom is 0.328 e. The number of aromatic hydroxyl groups is 1. The number of phenolic OH excluding ortho intramolecular Hbond substituents is 1. The zero-order valence-electron chi connectivity index (χ0n) is 10.6. The fourth-order valence-electron chi connectivity index (χ4n) is 2.59. The van der Waals surface area contributed by atoms with E-state index in [0.29, 0.717) is 5.56 Å². The van der Waals surface area contributed by atoms with Crippen molar-refractivity contribution in [2.24, 2.45) is 0 Å². The van der Waals surface area contributed by atoms with Gasteiger partial charge in [-0.3, -0.25) is 4.90 Å². The Morgan fingerprint density at radius 1 is 1.28 bits per heavy atom. The molecule has 1 fully saturated rings. The number of aliphatic carboxylic acids is 1. The lowest BCUT2D eigenvalue weighted by molar-refractivity contribution is -0.152. The summed E-state index contributed by atoms with van der Waals surface area (Å²) in [4.78, 5) is 13.7. The Bertz CT molecular complexity index is 440. The summed E-state index contributed by atoms with van der Waals surface area (Å²) in [5.74, 6) is -0.757. The summed E-state index contributed by atoms with van der Waals surface area (Å²) in [6.45, 7) is 3.30. The molecule has 1 unspecified atom stereocenters. The van der Waals surface area contributed by atoms with E-state index in [0.717, 1.165) is 32.4 Å². The standard InChI is InChI=1S/C14H19NO3/c1-14(13(17)18,15-8-3-2-4-9-15)11-6-5-7-12(16)10-11/h5-7,10,16H,2-4,8-9H2,1H3,(H,17,18). The van der Waals surface area contributed by atoms with Crippen molar-refractivity contribution in [1.29, 1.82) is 0 Å². The molecule has 0 bridgehead atoms. The van der Waals surface area contributed by atoms with Crippen LogP contribution < -0.4 is 0 Å². The van der Waals surface area contributed by atoms with Gasteiger partial charge in [-0.05, 0) is 50.6 Å². The zero-order chi connectivity index (χ0) is 13.2. The van der Waals surface area contributed by atoms with Crippen molar-refractivity contribution < 1.29 is 15.0 Å². The van der Waals surface area contributed by atoms with Crippen LogP contribution in [0.15, 0.2) is 24.3 Å². The third-order valence-corrected chi connectivity index (χ3v) is 3.81. The van der Waals surface area contributed by atoms with Gasteiger partial charge in [-0.2, -0.15) is 0 Å². The van der Waals surface area contributed by atoms with Crippen molar-refractivity contribution >= 4 is 5.97 Å². The van der Waals surface area contributed by atoms with Crippen LogP contribution in [0.1, 0.15) is 31.7 Å². The number of carboxylic acid groups (broad SMARTS) is 1. The van der Waals surface area contributed by atoms with Gasteiger partial charge in [0, 0.05) is 0 Å². The van der Waals surface area contributed by atoms with Gasteiger partial charge < -0.3 is 10.2 Å². The number of benzene rings is 1. The van der Waals surface area contributed by atoms with E-state index in [2.05, 4.69) is 0 Å². The number of rotatable bonds is 3. The number of phenols is 1. The fraction of sp³-hybridized carbons (Fsp3) is 0.500. The molecule has 0 aliphatic carbocycles. The second-order valence-electron chi connectivity index (χ2n) is 4.98. The molecule has 1 aromatic rings. The van der Waals surface area contributed by atoms with Crippen molar-refractivity contribution in [3.8, 4) is 5.75 Å². The molecule has 1 aromatic carbocycles. The first-order valence-corrected chi connectivity index (χ1v) is 6.33. The van der Waals surface area contributed by atoms with Crippen LogP contribution in [0.2, 0.25) is 0 Å². The normalized spacial score (nSPS) is 20.3. The largest absolute Gasteiger partial charge is 0.508 e. The summed E-state index contributed by atoms with van der Waals surface area (Å²) in [6.07, 6.45) is 3.22. The third-order valence-electron chi connectivity index (χ3n) is 3.81. The van der Waals surface area contributed by atoms with E-state index in [-0.39, 0.29) is 5.75 Å². The molecular formula is C14H19NO3. The highest BCUT2D eigenvalue weighted by atomic mass is 16.4. The van der Waals surface area contributed by atoms with Gasteiger partial charge >= 0.3 is 5.97 Å². The van der Waals surface area contributed by atoms with Crippen LogP contribution in [0.4, 0.5) is 0 Å². The molecule has 18 heavy (non-hydrogen) atoms. The summed E-state index contributed by atoms with van der Waals surface area (Å²) in [7, 11) is 0. The Hall–Kier alpha value is -1.55. The van der Waals surface area contributed by atoms with E-state index in [1.165, 1.54) is 0 Å². The van der Waals surface area contributed by atoms with Gasteiger partial charge in [0.1, 0.15) is 11.3 Å². The van der Waals surface area contributed by atoms with Crippen molar-refractivity contribution in [1.82, 2.24) is 4.90 Å². The topological polar surface area (TPSA) is 60.8 Å². The molecule has 0 amide bonds. The fourth-order valence-corrected chi connectivity index (χ4v) is 2.59. The van der Waals surface area contributed by atoms with Crippen LogP contribution in [0.5, 0.6) is 5.75 Å². The van der Waals surface area contributed by atoms with Crippen molar-refractivity contribution in [2.45, 2.75) is 31.7 Å². The molecule has 2 N–H and O–H groups in total. The lowest BCUT2D eigenvalue weighted by atomic mass is 9.88. The summed E-state index contributed by atoms with van der Waals surface area (Å²) < 4.78 is 0. The smallest absolute Gasteiger partial charge is 0.328 e. The third kappa shape index (κ3) is 2.20. The van der Waals surface area contributed by atoms with Crippen LogP contribution in [0.25, 0.3) is 0 Å². The molecule has 98 valence electrons. The Morgan fingerprint density at radius 3 is 2.50 bits per heavy atom. The maximum atomic E-state index is 11.7. The van der Waals surface area contributed by atoms with Crippen LogP contribution in [0.3, 0.4) is 0 Å². The first kappa shape index (κ1) is 12.9. The van der Waals surface area contributed by atoms with E-state index in [1.54, 1.807) is 31.2 Å². The molecule has 1 saturated heterocycles. The Morgan fingerprint density at radius 2 is 1.94 bits per heavy atom. The molecular weight excluding hydrogens is 230 g/mol. The number of hydrogen-bond acceptors (Lipinski definition) is 3. The average Bonchev–Trinajstić information content (AvgIpc) is 2.38. The van der Waals surface area contributed by atoms with Crippen molar-refractivity contribution in [3.05, 3.63) is 29.8 Å². The highest BCUT2D eigenvalue weighted by molar-refractivity contribution is 5.80. The van der Waals surface area contributed by atoms with Gasteiger partial charge in [-0.15, -0.1) is 0 Å². The van der Waals surface area contributed by atoms with Crippen LogP contribution >= 0.6 is 0 Å². The molecule has 0 radical (unpaired) electrons. The molecule has 1 aliphatic heterocycles. The van der Waals surface area contributed by atoms with Gasteiger partial charge in [-0.1, -0.05) is 18.6 Å². The van der Waals surface area contributed by atoms with E-state index < -0.39 is 11.5 Å². The Balaban J connectivity index is 2.39. The van der Waals surface area contributed by atoms with Gasteiger partial charge in [0.15, 0.2) is 0 Å². The highest BCUT2D eigenvalue weighted by Crippen LogP contribution is 2.32. The van der Waals surface area contributed by atoms with Crippen molar-refractivity contribution in [2.75, 3.05) is 13.1 Å². The minimum absolute atomic E-state index is 0.108. The Labute approximate surface area is 107 Å². The number of piperidine rings is 1.